The first-order valence-corrected chi connectivity index (χ1v) is 9.54. The zero-order chi connectivity index (χ0) is 15.1. The molecule has 1 heterocycles. The molecule has 2 N–H and O–H groups in total. The normalized spacial score (nSPS) is 18.8. The Bertz CT molecular complexity index is 321. The Labute approximate surface area is 155 Å². The lowest BCUT2D eigenvalue weighted by Crippen LogP contribution is -2.49. The van der Waals surface area contributed by atoms with E-state index in [0.717, 1.165) is 45.1 Å². The summed E-state index contributed by atoms with van der Waals surface area (Å²) in [6.07, 6.45) is 6.55. The molecule has 21 heavy (non-hydrogen) atoms. The minimum absolute atomic E-state index is 0. The van der Waals surface area contributed by atoms with Gasteiger partial charge >= 0.3 is 0 Å². The van der Waals surface area contributed by atoms with Gasteiger partial charge in [-0.25, -0.2) is 0 Å². The molecule has 4 nitrogen and oxygen atoms in total. The number of rotatable bonds is 6. The second-order valence-electron chi connectivity index (χ2n) is 5.74. The predicted octanol–water partition coefficient (Wildman–Crippen LogP) is 2.82. The van der Waals surface area contributed by atoms with E-state index in [1.54, 1.807) is 0 Å². The van der Waals surface area contributed by atoms with E-state index >= 15 is 0 Å². The number of nitrogens with one attached hydrogen (secondary N) is 2. The van der Waals surface area contributed by atoms with Crippen LogP contribution >= 0.6 is 47.5 Å². The van der Waals surface area contributed by atoms with Gasteiger partial charge in [0.1, 0.15) is 0 Å². The van der Waals surface area contributed by atoms with Crippen LogP contribution in [0, 0.1) is 0 Å². The molecule has 0 aliphatic carbocycles. The topological polar surface area (TPSA) is 45.7 Å². The largest absolute Gasteiger partial charge is 0.381 e. The average Bonchev–Trinajstić information content (AvgIpc) is 2.48. The number of guanidine groups is 1. The van der Waals surface area contributed by atoms with E-state index in [-0.39, 0.29) is 33.5 Å². The van der Waals surface area contributed by atoms with Gasteiger partial charge in [-0.1, -0.05) is 0 Å². The zero-order valence-electron chi connectivity index (χ0n) is 13.8. The Balaban J connectivity index is 0.00000400. The molecule has 1 aliphatic heterocycles. The van der Waals surface area contributed by atoms with Crippen molar-refractivity contribution in [1.82, 2.24) is 10.6 Å². The van der Waals surface area contributed by atoms with E-state index in [0.29, 0.717) is 0 Å². The smallest absolute Gasteiger partial charge is 0.191 e. The number of halogens is 1. The summed E-state index contributed by atoms with van der Waals surface area (Å²) < 4.78 is 5.98. The van der Waals surface area contributed by atoms with Crippen LogP contribution in [0.4, 0.5) is 0 Å². The second kappa shape index (κ2) is 10.4. The molecule has 0 atom stereocenters. The van der Waals surface area contributed by atoms with Gasteiger partial charge in [0.15, 0.2) is 5.96 Å². The summed E-state index contributed by atoms with van der Waals surface area (Å²) in [5, 5.41) is 6.90. The highest BCUT2D eigenvalue weighted by Gasteiger charge is 2.31. The Morgan fingerprint density at radius 1 is 1.24 bits per heavy atom. The van der Waals surface area contributed by atoms with Crippen molar-refractivity contribution in [2.24, 2.45) is 4.99 Å². The molecule has 1 saturated heterocycles. The van der Waals surface area contributed by atoms with Crippen LogP contribution in [-0.2, 0) is 4.74 Å². The first-order chi connectivity index (χ1) is 9.47. The van der Waals surface area contributed by atoms with Crippen molar-refractivity contribution in [3.05, 3.63) is 0 Å². The van der Waals surface area contributed by atoms with Gasteiger partial charge < -0.3 is 15.4 Å². The van der Waals surface area contributed by atoms with Crippen molar-refractivity contribution in [2.75, 3.05) is 45.9 Å². The highest BCUT2D eigenvalue weighted by molar-refractivity contribution is 14.0. The molecule has 1 fully saturated rings. The van der Waals surface area contributed by atoms with Crippen molar-refractivity contribution in [1.29, 1.82) is 0 Å². The van der Waals surface area contributed by atoms with Crippen molar-refractivity contribution < 1.29 is 4.74 Å². The fourth-order valence-corrected chi connectivity index (χ4v) is 3.04. The van der Waals surface area contributed by atoms with E-state index in [4.69, 9.17) is 4.74 Å². The van der Waals surface area contributed by atoms with Crippen LogP contribution in [0.5, 0.6) is 0 Å². The standard InChI is InChI=1S/C14H29N3OS2.HI/c1-13(2,19-4)10-16-12(15-3)17-11-14(20-5)6-8-18-9-7-14;/h6-11H2,1-5H3,(H2,15,16,17);1H. The number of hydrogen-bond donors (Lipinski definition) is 2. The van der Waals surface area contributed by atoms with E-state index in [1.165, 1.54) is 0 Å². The Morgan fingerprint density at radius 2 is 1.86 bits per heavy atom. The van der Waals surface area contributed by atoms with Crippen LogP contribution in [0.2, 0.25) is 0 Å². The molecule has 0 aromatic carbocycles. The molecule has 0 bridgehead atoms. The first-order valence-electron chi connectivity index (χ1n) is 7.09. The van der Waals surface area contributed by atoms with Gasteiger partial charge in [-0.3, -0.25) is 4.99 Å². The number of nitrogens with zero attached hydrogens (tertiary/aromatic N) is 1. The van der Waals surface area contributed by atoms with Crippen molar-refractivity contribution in [3.63, 3.8) is 0 Å². The molecular formula is C14H30IN3OS2. The molecule has 0 aromatic rings. The Morgan fingerprint density at radius 3 is 2.33 bits per heavy atom. The van der Waals surface area contributed by atoms with E-state index in [2.05, 4.69) is 42.0 Å². The molecule has 0 aromatic heterocycles. The van der Waals surface area contributed by atoms with Gasteiger partial charge in [-0.2, -0.15) is 23.5 Å². The van der Waals surface area contributed by atoms with Crippen molar-refractivity contribution in [2.45, 2.75) is 36.2 Å². The molecule has 0 spiro atoms. The number of thioether (sulfide) groups is 2. The Hall–Kier alpha value is 0.660. The average molecular weight is 447 g/mol. The summed E-state index contributed by atoms with van der Waals surface area (Å²) in [6.45, 7) is 8.06. The van der Waals surface area contributed by atoms with Gasteiger partial charge in [0, 0.05) is 42.8 Å². The predicted molar refractivity (Wildman–Crippen MR) is 109 cm³/mol. The molecular weight excluding hydrogens is 417 g/mol. The third kappa shape index (κ3) is 7.65. The second-order valence-corrected chi connectivity index (χ2v) is 8.53. The molecule has 0 unspecified atom stereocenters. The number of hydrogen-bond acceptors (Lipinski definition) is 4. The molecule has 0 radical (unpaired) electrons. The van der Waals surface area contributed by atoms with Crippen LogP contribution in [0.1, 0.15) is 26.7 Å². The van der Waals surface area contributed by atoms with Gasteiger partial charge in [0.05, 0.1) is 0 Å². The monoisotopic (exact) mass is 447 g/mol. The first kappa shape index (κ1) is 21.7. The summed E-state index contributed by atoms with van der Waals surface area (Å²) in [6, 6.07) is 0. The van der Waals surface area contributed by atoms with Crippen molar-refractivity contribution in [3.8, 4) is 0 Å². The van der Waals surface area contributed by atoms with Crippen LogP contribution in [0.3, 0.4) is 0 Å². The van der Waals surface area contributed by atoms with Gasteiger partial charge in [0.25, 0.3) is 0 Å². The fraction of sp³-hybridized carbons (Fsp3) is 0.929. The lowest BCUT2D eigenvalue weighted by molar-refractivity contribution is 0.0783. The lowest BCUT2D eigenvalue weighted by Gasteiger charge is -2.36. The zero-order valence-corrected chi connectivity index (χ0v) is 17.8. The van der Waals surface area contributed by atoms with Gasteiger partial charge in [-0.05, 0) is 39.2 Å². The van der Waals surface area contributed by atoms with E-state index in [1.807, 2.05) is 30.6 Å². The van der Waals surface area contributed by atoms with Crippen LogP contribution in [0.25, 0.3) is 0 Å². The highest BCUT2D eigenvalue weighted by Crippen LogP contribution is 2.32. The summed E-state index contributed by atoms with van der Waals surface area (Å²) in [4.78, 5) is 4.32. The molecule has 126 valence electrons. The third-order valence-electron chi connectivity index (χ3n) is 3.87. The Kier molecular flexibility index (Phi) is 10.8. The summed E-state index contributed by atoms with van der Waals surface area (Å²) in [5.41, 5.74) is 0. The summed E-state index contributed by atoms with van der Waals surface area (Å²) >= 11 is 3.81. The van der Waals surface area contributed by atoms with Gasteiger partial charge in [-0.15, -0.1) is 24.0 Å². The van der Waals surface area contributed by atoms with Crippen LogP contribution in [-0.4, -0.2) is 61.3 Å². The quantitative estimate of drug-likeness (QED) is 0.373. The SMILES string of the molecule is CN=C(NCC(C)(C)SC)NCC1(SC)CCOCC1.I. The molecule has 1 aliphatic rings. The lowest BCUT2D eigenvalue weighted by atomic mass is 9.99. The maximum atomic E-state index is 5.48. The molecule has 0 saturated carbocycles. The third-order valence-corrected chi connectivity index (χ3v) is 6.54. The number of ether oxygens (including phenoxy) is 1. The van der Waals surface area contributed by atoms with Gasteiger partial charge in [0.2, 0.25) is 0 Å². The molecule has 1 rings (SSSR count). The van der Waals surface area contributed by atoms with E-state index < -0.39 is 0 Å². The minimum atomic E-state index is 0. The van der Waals surface area contributed by atoms with Crippen molar-refractivity contribution >= 4 is 53.5 Å². The highest BCUT2D eigenvalue weighted by atomic mass is 127. The van der Waals surface area contributed by atoms with E-state index in [9.17, 15) is 0 Å². The minimum Gasteiger partial charge on any atom is -0.381 e. The maximum absolute atomic E-state index is 5.48. The number of aliphatic imine (C=N–C) groups is 1. The molecule has 0 amide bonds. The summed E-state index contributed by atoms with van der Waals surface area (Å²) in [5.74, 6) is 0.895. The maximum Gasteiger partial charge on any atom is 0.191 e. The molecule has 7 heteroatoms. The summed E-state index contributed by atoms with van der Waals surface area (Å²) in [7, 11) is 1.83. The van der Waals surface area contributed by atoms with Crippen LogP contribution < -0.4 is 10.6 Å². The fourth-order valence-electron chi connectivity index (χ4n) is 2.03. The van der Waals surface area contributed by atoms with Crippen LogP contribution in [0.15, 0.2) is 4.99 Å².